The molecule has 0 bridgehead atoms. The van der Waals surface area contributed by atoms with E-state index in [0.29, 0.717) is 19.6 Å². The molecule has 0 saturated carbocycles. The van der Waals surface area contributed by atoms with E-state index in [1.807, 2.05) is 6.92 Å². The quantitative estimate of drug-likeness (QED) is 0.849. The number of rotatable bonds is 3. The molecule has 2 saturated heterocycles. The van der Waals surface area contributed by atoms with E-state index in [0.717, 1.165) is 38.5 Å². The molecule has 2 unspecified atom stereocenters. The monoisotopic (exact) mass is 290 g/mol. The first kappa shape index (κ1) is 15.2. The third kappa shape index (κ3) is 3.48. The molecular formula is C13H26N2O3S. The number of aliphatic hydroxyl groups excluding tert-OH is 1. The van der Waals surface area contributed by atoms with Gasteiger partial charge in [-0.2, -0.15) is 17.0 Å². The maximum absolute atomic E-state index is 12.7. The van der Waals surface area contributed by atoms with Gasteiger partial charge in [-0.15, -0.1) is 0 Å². The molecule has 5 nitrogen and oxygen atoms in total. The Kier molecular flexibility index (Phi) is 5.22. The molecule has 112 valence electrons. The van der Waals surface area contributed by atoms with E-state index in [1.165, 1.54) is 0 Å². The van der Waals surface area contributed by atoms with Crippen LogP contribution in [0.25, 0.3) is 0 Å². The number of hydrogen-bond acceptors (Lipinski definition) is 3. The van der Waals surface area contributed by atoms with Gasteiger partial charge in [0.2, 0.25) is 0 Å². The third-order valence-electron chi connectivity index (χ3n) is 4.35. The average molecular weight is 290 g/mol. The highest BCUT2D eigenvalue weighted by molar-refractivity contribution is 7.86. The zero-order chi connectivity index (χ0) is 13.9. The predicted molar refractivity (Wildman–Crippen MR) is 74.9 cm³/mol. The molecule has 2 fully saturated rings. The summed E-state index contributed by atoms with van der Waals surface area (Å²) in [5, 5.41) is 9.25. The van der Waals surface area contributed by atoms with Crippen LogP contribution in [0.15, 0.2) is 0 Å². The van der Waals surface area contributed by atoms with Crippen molar-refractivity contribution >= 4 is 10.2 Å². The topological polar surface area (TPSA) is 60.9 Å². The molecule has 19 heavy (non-hydrogen) atoms. The molecular weight excluding hydrogens is 264 g/mol. The van der Waals surface area contributed by atoms with Gasteiger partial charge in [0.1, 0.15) is 0 Å². The molecule has 1 N–H and O–H groups in total. The van der Waals surface area contributed by atoms with E-state index in [2.05, 4.69) is 0 Å². The van der Waals surface area contributed by atoms with Crippen molar-refractivity contribution in [3.63, 3.8) is 0 Å². The lowest BCUT2D eigenvalue weighted by atomic mass is 10.0. The molecule has 2 atom stereocenters. The second kappa shape index (κ2) is 6.52. The van der Waals surface area contributed by atoms with Crippen molar-refractivity contribution in [3.05, 3.63) is 0 Å². The van der Waals surface area contributed by atoms with Crippen molar-refractivity contribution in [2.45, 2.75) is 51.5 Å². The molecule has 0 aromatic rings. The Morgan fingerprint density at radius 3 is 2.63 bits per heavy atom. The lowest BCUT2D eigenvalue weighted by Crippen LogP contribution is -2.51. The van der Waals surface area contributed by atoms with Crippen LogP contribution >= 0.6 is 0 Å². The lowest BCUT2D eigenvalue weighted by molar-refractivity contribution is 0.158. The number of nitrogens with zero attached hydrogens (tertiary/aromatic N) is 2. The van der Waals surface area contributed by atoms with Crippen LogP contribution in [0.5, 0.6) is 0 Å². The van der Waals surface area contributed by atoms with E-state index in [9.17, 15) is 13.5 Å². The van der Waals surface area contributed by atoms with Gasteiger partial charge >= 0.3 is 0 Å². The Morgan fingerprint density at radius 2 is 1.89 bits per heavy atom. The van der Waals surface area contributed by atoms with Crippen molar-refractivity contribution in [1.82, 2.24) is 8.61 Å². The van der Waals surface area contributed by atoms with Crippen LogP contribution in [0, 0.1) is 5.92 Å². The summed E-state index contributed by atoms with van der Waals surface area (Å²) in [4.78, 5) is 0. The summed E-state index contributed by atoms with van der Waals surface area (Å²) < 4.78 is 28.7. The van der Waals surface area contributed by atoms with E-state index in [-0.39, 0.29) is 18.6 Å². The summed E-state index contributed by atoms with van der Waals surface area (Å²) >= 11 is 0. The molecule has 0 aliphatic carbocycles. The Morgan fingerprint density at radius 1 is 1.11 bits per heavy atom. The van der Waals surface area contributed by atoms with Crippen LogP contribution in [0.4, 0.5) is 0 Å². The maximum Gasteiger partial charge on any atom is 0.282 e. The van der Waals surface area contributed by atoms with E-state index >= 15 is 0 Å². The minimum absolute atomic E-state index is 0.0849. The van der Waals surface area contributed by atoms with Crippen molar-refractivity contribution in [3.8, 4) is 0 Å². The lowest BCUT2D eigenvalue weighted by Gasteiger charge is -2.36. The summed E-state index contributed by atoms with van der Waals surface area (Å²) in [7, 11) is -3.35. The summed E-state index contributed by atoms with van der Waals surface area (Å²) in [6, 6.07) is 0.0991. The van der Waals surface area contributed by atoms with E-state index < -0.39 is 10.2 Å². The predicted octanol–water partition coefficient (Wildman–Crippen LogP) is 1.20. The van der Waals surface area contributed by atoms with Crippen LogP contribution in [0.2, 0.25) is 0 Å². The van der Waals surface area contributed by atoms with Crippen molar-refractivity contribution in [2.24, 2.45) is 5.92 Å². The van der Waals surface area contributed by atoms with E-state index in [1.54, 1.807) is 8.61 Å². The maximum atomic E-state index is 12.7. The highest BCUT2D eigenvalue weighted by atomic mass is 32.2. The van der Waals surface area contributed by atoms with E-state index in [4.69, 9.17) is 0 Å². The van der Waals surface area contributed by atoms with Crippen LogP contribution in [0.3, 0.4) is 0 Å². The minimum atomic E-state index is -3.35. The summed E-state index contributed by atoms with van der Waals surface area (Å²) in [5.41, 5.74) is 0. The second-order valence-corrected chi connectivity index (χ2v) is 7.75. The summed E-state index contributed by atoms with van der Waals surface area (Å²) in [6.07, 6.45) is 5.93. The molecule has 0 aromatic carbocycles. The standard InChI is InChI=1S/C13H26N2O3S/c1-12-6-3-2-4-9-15(12)19(17,18)14-8-5-7-13(10-14)11-16/h12-13,16H,2-11H2,1H3. The van der Waals surface area contributed by atoms with Crippen LogP contribution in [0.1, 0.15) is 45.4 Å². The highest BCUT2D eigenvalue weighted by Crippen LogP contribution is 2.25. The molecule has 2 heterocycles. The minimum Gasteiger partial charge on any atom is -0.396 e. The van der Waals surface area contributed by atoms with Crippen LogP contribution < -0.4 is 0 Å². The number of hydrogen-bond donors (Lipinski definition) is 1. The largest absolute Gasteiger partial charge is 0.396 e. The van der Waals surface area contributed by atoms with Crippen LogP contribution in [-0.4, -0.2) is 54.4 Å². The van der Waals surface area contributed by atoms with Gasteiger partial charge in [-0.1, -0.05) is 12.8 Å². The fourth-order valence-electron chi connectivity index (χ4n) is 3.13. The highest BCUT2D eigenvalue weighted by Gasteiger charge is 2.36. The third-order valence-corrected chi connectivity index (χ3v) is 6.47. The molecule has 2 aliphatic rings. The second-order valence-electron chi connectivity index (χ2n) is 5.87. The van der Waals surface area contributed by atoms with Gasteiger partial charge in [-0.05, 0) is 38.5 Å². The molecule has 0 amide bonds. The first-order chi connectivity index (χ1) is 9.05. The van der Waals surface area contributed by atoms with Crippen molar-refractivity contribution in [2.75, 3.05) is 26.2 Å². The normalized spacial score (nSPS) is 32.1. The summed E-state index contributed by atoms with van der Waals surface area (Å²) in [5.74, 6) is 0.103. The van der Waals surface area contributed by atoms with Gasteiger partial charge in [0.25, 0.3) is 10.2 Å². The molecule has 0 radical (unpaired) electrons. The first-order valence-corrected chi connectivity index (χ1v) is 8.83. The van der Waals surface area contributed by atoms with Crippen molar-refractivity contribution in [1.29, 1.82) is 0 Å². The Balaban J connectivity index is 2.11. The Bertz CT molecular complexity index is 385. The van der Waals surface area contributed by atoms with Gasteiger partial charge in [-0.3, -0.25) is 0 Å². The zero-order valence-electron chi connectivity index (χ0n) is 11.8. The van der Waals surface area contributed by atoms with Gasteiger partial charge < -0.3 is 5.11 Å². The van der Waals surface area contributed by atoms with Gasteiger partial charge in [-0.25, -0.2) is 0 Å². The average Bonchev–Trinajstić information content (AvgIpc) is 2.64. The number of aliphatic hydroxyl groups is 1. The summed E-state index contributed by atoms with van der Waals surface area (Å²) in [6.45, 7) is 3.81. The molecule has 0 aromatic heterocycles. The van der Waals surface area contributed by atoms with Crippen LogP contribution in [-0.2, 0) is 10.2 Å². The zero-order valence-corrected chi connectivity index (χ0v) is 12.6. The molecule has 0 spiro atoms. The van der Waals surface area contributed by atoms with Gasteiger partial charge in [0.15, 0.2) is 0 Å². The van der Waals surface area contributed by atoms with Gasteiger partial charge in [0.05, 0.1) is 0 Å². The number of piperidine rings is 1. The van der Waals surface area contributed by atoms with Gasteiger partial charge in [0, 0.05) is 32.3 Å². The molecule has 2 aliphatic heterocycles. The fraction of sp³-hybridized carbons (Fsp3) is 1.00. The Hall–Kier alpha value is -0.170. The molecule has 2 rings (SSSR count). The van der Waals surface area contributed by atoms with Crippen molar-refractivity contribution < 1.29 is 13.5 Å². The first-order valence-electron chi connectivity index (χ1n) is 7.43. The SMILES string of the molecule is CC1CCCCCN1S(=O)(=O)N1CCCC(CO)C1. The molecule has 6 heteroatoms. The Labute approximate surface area is 116 Å². The fourth-order valence-corrected chi connectivity index (χ4v) is 5.10. The smallest absolute Gasteiger partial charge is 0.282 e.